The number of carbonyl (C=O) groups is 1. The number of aromatic nitrogens is 3. The highest BCUT2D eigenvalue weighted by atomic mass is 35.5. The molecule has 0 spiro atoms. The Balaban J connectivity index is 0.00000324. The van der Waals surface area contributed by atoms with Gasteiger partial charge in [-0.05, 0) is 44.7 Å². The fourth-order valence-corrected chi connectivity index (χ4v) is 4.50. The van der Waals surface area contributed by atoms with Gasteiger partial charge in [0.15, 0.2) is 16.7 Å². The third kappa shape index (κ3) is 5.91. The van der Waals surface area contributed by atoms with Crippen molar-refractivity contribution < 1.29 is 14.3 Å². The molecule has 2 heterocycles. The number of benzene rings is 1. The van der Waals surface area contributed by atoms with Crippen LogP contribution in [0.2, 0.25) is 0 Å². The molecular weight excluding hydrogens is 476 g/mol. The van der Waals surface area contributed by atoms with E-state index >= 15 is 0 Å². The zero-order chi connectivity index (χ0) is 23.4. The van der Waals surface area contributed by atoms with E-state index in [1.54, 1.807) is 38.4 Å². The first-order valence-electron chi connectivity index (χ1n) is 10.7. The lowest BCUT2D eigenvalue weighted by Gasteiger charge is -2.27. The number of imidazole rings is 1. The smallest absolute Gasteiger partial charge is 0.234 e. The van der Waals surface area contributed by atoms with Gasteiger partial charge in [0, 0.05) is 23.4 Å². The van der Waals surface area contributed by atoms with Gasteiger partial charge < -0.3 is 25.5 Å². The molecule has 1 fully saturated rings. The number of thioether (sulfide) groups is 1. The van der Waals surface area contributed by atoms with Crippen molar-refractivity contribution in [1.29, 1.82) is 5.26 Å². The van der Waals surface area contributed by atoms with Gasteiger partial charge in [-0.1, -0.05) is 11.8 Å². The number of nitrogens with one attached hydrogen (secondary N) is 2. The van der Waals surface area contributed by atoms with Crippen LogP contribution in [0.1, 0.15) is 36.9 Å². The number of hydrogen-bond acceptors (Lipinski definition) is 8. The van der Waals surface area contributed by atoms with E-state index in [0.29, 0.717) is 39.1 Å². The van der Waals surface area contributed by atoms with E-state index in [1.165, 1.54) is 11.8 Å². The van der Waals surface area contributed by atoms with Crippen molar-refractivity contribution in [2.24, 2.45) is 5.73 Å². The molecular formula is C23H27ClN6O3S. The number of carbonyl (C=O) groups excluding carboxylic acids is 1. The molecule has 0 aliphatic heterocycles. The summed E-state index contributed by atoms with van der Waals surface area (Å²) in [4.78, 5) is 24.3. The number of methoxy groups -OCH3 is 1. The third-order valence-corrected chi connectivity index (χ3v) is 6.52. The van der Waals surface area contributed by atoms with Gasteiger partial charge in [-0.3, -0.25) is 4.79 Å². The van der Waals surface area contributed by atoms with E-state index in [-0.39, 0.29) is 36.2 Å². The Morgan fingerprint density at radius 2 is 2.09 bits per heavy atom. The van der Waals surface area contributed by atoms with Crippen LogP contribution in [0.5, 0.6) is 11.5 Å². The molecule has 180 valence electrons. The zero-order valence-electron chi connectivity index (χ0n) is 19.0. The largest absolute Gasteiger partial charge is 0.493 e. The van der Waals surface area contributed by atoms with Crippen molar-refractivity contribution in [3.63, 3.8) is 0 Å². The Bertz CT molecular complexity index is 1200. The van der Waals surface area contributed by atoms with E-state index < -0.39 is 0 Å². The van der Waals surface area contributed by atoms with Gasteiger partial charge in [0.1, 0.15) is 11.8 Å². The van der Waals surface area contributed by atoms with Gasteiger partial charge in [-0.2, -0.15) is 5.26 Å². The highest BCUT2D eigenvalue weighted by molar-refractivity contribution is 7.99. The normalized spacial score (nSPS) is 17.5. The minimum absolute atomic E-state index is 0. The van der Waals surface area contributed by atoms with Crippen molar-refractivity contribution in [1.82, 2.24) is 15.0 Å². The number of nitriles is 1. The third-order valence-electron chi connectivity index (χ3n) is 5.65. The number of aryl methyl sites for hydroxylation is 1. The standard InChI is InChI=1S/C23H26N6O3S.ClH/c1-13-17(10-24)26-11-18-22(13)29-23(28-18)33-12-21(30)27-15-5-8-19(31-2)20(9-15)32-16-6-3-14(25)4-7-16;/h5,8-9,11,14,16H,3-4,6-7,12,25H2,1-2H3,(H,27,30)(H,28,29);1H. The predicted molar refractivity (Wildman–Crippen MR) is 134 cm³/mol. The lowest BCUT2D eigenvalue weighted by atomic mass is 9.94. The van der Waals surface area contributed by atoms with E-state index in [4.69, 9.17) is 20.5 Å². The van der Waals surface area contributed by atoms with Crippen molar-refractivity contribution >= 4 is 46.8 Å². The molecule has 1 aliphatic carbocycles. The maximum Gasteiger partial charge on any atom is 0.234 e. The molecule has 1 aliphatic rings. The summed E-state index contributed by atoms with van der Waals surface area (Å²) in [5.41, 5.74) is 9.09. The number of nitrogens with zero attached hydrogens (tertiary/aromatic N) is 3. The number of ether oxygens (including phenoxy) is 2. The van der Waals surface area contributed by atoms with Crippen LogP contribution < -0.4 is 20.5 Å². The zero-order valence-corrected chi connectivity index (χ0v) is 20.6. The molecule has 0 bridgehead atoms. The molecule has 2 aromatic heterocycles. The number of rotatable bonds is 7. The van der Waals surface area contributed by atoms with Crippen LogP contribution in [0.4, 0.5) is 5.69 Å². The highest BCUT2D eigenvalue weighted by Crippen LogP contribution is 2.33. The Kier molecular flexibility index (Phi) is 8.61. The van der Waals surface area contributed by atoms with Crippen molar-refractivity contribution in [3.05, 3.63) is 35.7 Å². The number of pyridine rings is 1. The molecule has 34 heavy (non-hydrogen) atoms. The summed E-state index contributed by atoms with van der Waals surface area (Å²) in [7, 11) is 1.60. The maximum atomic E-state index is 12.5. The minimum atomic E-state index is -0.173. The number of H-pyrrole nitrogens is 1. The topological polar surface area (TPSA) is 139 Å². The number of nitrogens with two attached hydrogens (primary N) is 1. The SMILES string of the molecule is COc1ccc(NC(=O)CSc2nc3c(C)c(C#N)ncc3[nH]2)cc1OC1CCC(N)CC1.Cl. The van der Waals surface area contributed by atoms with Crippen LogP contribution in [0.15, 0.2) is 29.6 Å². The van der Waals surface area contributed by atoms with Gasteiger partial charge in [0.05, 0.1) is 36.2 Å². The number of hydrogen-bond donors (Lipinski definition) is 3. The number of anilines is 1. The van der Waals surface area contributed by atoms with Crippen LogP contribution in [-0.4, -0.2) is 45.9 Å². The Morgan fingerprint density at radius 1 is 1.32 bits per heavy atom. The van der Waals surface area contributed by atoms with E-state index in [9.17, 15) is 4.79 Å². The summed E-state index contributed by atoms with van der Waals surface area (Å²) in [6, 6.07) is 7.66. The summed E-state index contributed by atoms with van der Waals surface area (Å²) in [5.74, 6) is 1.23. The first kappa shape index (κ1) is 25.6. The van der Waals surface area contributed by atoms with Gasteiger partial charge in [-0.15, -0.1) is 12.4 Å². The Labute approximate surface area is 208 Å². The summed E-state index contributed by atoms with van der Waals surface area (Å²) in [6.45, 7) is 1.81. The predicted octanol–water partition coefficient (Wildman–Crippen LogP) is 3.95. The molecule has 4 rings (SSSR count). The van der Waals surface area contributed by atoms with Gasteiger partial charge in [0.2, 0.25) is 5.91 Å². The Morgan fingerprint density at radius 3 is 2.79 bits per heavy atom. The molecule has 0 radical (unpaired) electrons. The highest BCUT2D eigenvalue weighted by Gasteiger charge is 2.21. The summed E-state index contributed by atoms with van der Waals surface area (Å²) in [6.07, 6.45) is 5.36. The quantitative estimate of drug-likeness (QED) is 0.413. The molecule has 0 atom stereocenters. The van der Waals surface area contributed by atoms with Crippen LogP contribution in [0.3, 0.4) is 0 Å². The molecule has 1 saturated carbocycles. The van der Waals surface area contributed by atoms with Crippen LogP contribution >= 0.6 is 24.2 Å². The molecule has 4 N–H and O–H groups in total. The second kappa shape index (κ2) is 11.4. The van der Waals surface area contributed by atoms with Gasteiger partial charge in [0.25, 0.3) is 0 Å². The number of fused-ring (bicyclic) bond motifs is 1. The molecule has 0 saturated heterocycles. The summed E-state index contributed by atoms with van der Waals surface area (Å²) < 4.78 is 11.6. The Hall–Kier alpha value is -3.00. The van der Waals surface area contributed by atoms with Crippen LogP contribution in [0, 0.1) is 18.3 Å². The lowest BCUT2D eigenvalue weighted by Crippen LogP contribution is -2.31. The minimum Gasteiger partial charge on any atom is -0.493 e. The van der Waals surface area contributed by atoms with Crippen molar-refractivity contribution in [2.75, 3.05) is 18.2 Å². The van der Waals surface area contributed by atoms with Gasteiger partial charge in [-0.25, -0.2) is 9.97 Å². The fraction of sp³-hybridized carbons (Fsp3) is 0.391. The van der Waals surface area contributed by atoms with Gasteiger partial charge >= 0.3 is 0 Å². The monoisotopic (exact) mass is 502 g/mol. The first-order valence-corrected chi connectivity index (χ1v) is 11.7. The molecule has 3 aromatic rings. The number of aromatic amines is 1. The average molecular weight is 503 g/mol. The maximum absolute atomic E-state index is 12.5. The van der Waals surface area contributed by atoms with Crippen molar-refractivity contribution in [3.8, 4) is 17.6 Å². The molecule has 1 aromatic carbocycles. The number of amides is 1. The molecule has 11 heteroatoms. The lowest BCUT2D eigenvalue weighted by molar-refractivity contribution is -0.113. The van der Waals surface area contributed by atoms with Crippen LogP contribution in [0.25, 0.3) is 11.0 Å². The molecule has 9 nitrogen and oxygen atoms in total. The van der Waals surface area contributed by atoms with Crippen molar-refractivity contribution in [2.45, 2.75) is 49.9 Å². The summed E-state index contributed by atoms with van der Waals surface area (Å²) in [5, 5.41) is 12.6. The summed E-state index contributed by atoms with van der Waals surface area (Å²) >= 11 is 1.28. The van der Waals surface area contributed by atoms with E-state index in [0.717, 1.165) is 31.2 Å². The van der Waals surface area contributed by atoms with Crippen LogP contribution in [-0.2, 0) is 4.79 Å². The average Bonchev–Trinajstić information content (AvgIpc) is 3.24. The molecule has 1 amide bonds. The molecule has 0 unspecified atom stereocenters. The second-order valence-corrected chi connectivity index (χ2v) is 8.97. The number of halogens is 1. The van der Waals surface area contributed by atoms with E-state index in [1.807, 2.05) is 0 Å². The fourth-order valence-electron chi connectivity index (χ4n) is 3.83. The second-order valence-electron chi connectivity index (χ2n) is 8.00. The first-order chi connectivity index (χ1) is 16.0. The van der Waals surface area contributed by atoms with E-state index in [2.05, 4.69) is 26.3 Å².